The summed E-state index contributed by atoms with van der Waals surface area (Å²) >= 11 is 0. The highest BCUT2D eigenvalue weighted by atomic mass is 16.3. The van der Waals surface area contributed by atoms with Crippen LogP contribution in [0, 0.1) is 17.2 Å². The number of nitrogens with zero attached hydrogens (tertiary/aromatic N) is 1. The number of amides is 1. The van der Waals surface area contributed by atoms with Crippen LogP contribution >= 0.6 is 0 Å². The highest BCUT2D eigenvalue weighted by Crippen LogP contribution is 2.23. The second kappa shape index (κ2) is 6.66. The third-order valence-corrected chi connectivity index (χ3v) is 4.36. The first-order valence-corrected chi connectivity index (χ1v) is 7.93. The summed E-state index contributed by atoms with van der Waals surface area (Å²) in [5, 5.41) is 12.0. The van der Waals surface area contributed by atoms with Gasteiger partial charge in [-0.25, -0.2) is 0 Å². The summed E-state index contributed by atoms with van der Waals surface area (Å²) in [6.07, 6.45) is 5.98. The van der Waals surface area contributed by atoms with Gasteiger partial charge in [0.05, 0.1) is 17.0 Å². The van der Waals surface area contributed by atoms with Crippen LogP contribution in [0.2, 0.25) is 0 Å². The van der Waals surface area contributed by atoms with E-state index in [1.165, 1.54) is 31.4 Å². The summed E-state index contributed by atoms with van der Waals surface area (Å²) in [6.45, 7) is 0.619. The minimum Gasteiger partial charge on any atom is -0.451 e. The SMILES string of the molecule is N#Cc1ccc2oc(C(=O)NCC3CCCCC3)cc(=O)c2c1. The summed E-state index contributed by atoms with van der Waals surface area (Å²) < 4.78 is 5.52. The van der Waals surface area contributed by atoms with E-state index in [4.69, 9.17) is 9.68 Å². The number of hydrogen-bond donors (Lipinski definition) is 1. The Morgan fingerprint density at radius 3 is 2.78 bits per heavy atom. The van der Waals surface area contributed by atoms with Crippen LogP contribution in [-0.2, 0) is 0 Å². The Morgan fingerprint density at radius 2 is 2.04 bits per heavy atom. The fourth-order valence-electron chi connectivity index (χ4n) is 3.05. The first kappa shape index (κ1) is 15.3. The van der Waals surface area contributed by atoms with Crippen molar-refractivity contribution in [3.63, 3.8) is 0 Å². The van der Waals surface area contributed by atoms with Crippen molar-refractivity contribution in [1.29, 1.82) is 5.26 Å². The Bertz CT molecular complexity index is 826. The second-order valence-electron chi connectivity index (χ2n) is 6.01. The third kappa shape index (κ3) is 3.42. The fourth-order valence-corrected chi connectivity index (χ4v) is 3.05. The van der Waals surface area contributed by atoms with E-state index in [0.29, 0.717) is 29.0 Å². The van der Waals surface area contributed by atoms with Crippen LogP contribution < -0.4 is 10.7 Å². The van der Waals surface area contributed by atoms with E-state index in [2.05, 4.69) is 5.32 Å². The van der Waals surface area contributed by atoms with E-state index in [1.807, 2.05) is 6.07 Å². The Morgan fingerprint density at radius 1 is 1.26 bits per heavy atom. The molecule has 3 rings (SSSR count). The van der Waals surface area contributed by atoms with E-state index < -0.39 is 0 Å². The van der Waals surface area contributed by atoms with Gasteiger partial charge in [-0.1, -0.05) is 19.3 Å². The van der Waals surface area contributed by atoms with Crippen LogP contribution in [0.3, 0.4) is 0 Å². The molecule has 1 aromatic carbocycles. The van der Waals surface area contributed by atoms with Crippen molar-refractivity contribution < 1.29 is 9.21 Å². The molecule has 5 heteroatoms. The molecule has 0 bridgehead atoms. The predicted molar refractivity (Wildman–Crippen MR) is 86.1 cm³/mol. The van der Waals surface area contributed by atoms with Gasteiger partial charge in [0.1, 0.15) is 5.58 Å². The summed E-state index contributed by atoms with van der Waals surface area (Å²) in [7, 11) is 0. The van der Waals surface area contributed by atoms with Gasteiger partial charge in [0, 0.05) is 12.6 Å². The van der Waals surface area contributed by atoms with E-state index in [1.54, 1.807) is 12.1 Å². The van der Waals surface area contributed by atoms with Gasteiger partial charge in [-0.05, 0) is 37.0 Å². The van der Waals surface area contributed by atoms with Crippen molar-refractivity contribution in [2.75, 3.05) is 6.54 Å². The zero-order chi connectivity index (χ0) is 16.2. The second-order valence-corrected chi connectivity index (χ2v) is 6.01. The van der Waals surface area contributed by atoms with Crippen LogP contribution in [0.1, 0.15) is 48.2 Å². The minimum absolute atomic E-state index is 0.0167. The number of carbonyl (C=O) groups excluding carboxylic acids is 1. The minimum atomic E-state index is -0.362. The van der Waals surface area contributed by atoms with Crippen LogP contribution in [0.15, 0.2) is 33.5 Å². The van der Waals surface area contributed by atoms with Crippen LogP contribution in [0.5, 0.6) is 0 Å². The van der Waals surface area contributed by atoms with Gasteiger partial charge in [0.2, 0.25) is 0 Å². The molecule has 1 amide bonds. The van der Waals surface area contributed by atoms with Crippen LogP contribution in [0.4, 0.5) is 0 Å². The molecule has 1 aliphatic rings. The fraction of sp³-hybridized carbons (Fsp3) is 0.389. The van der Waals surface area contributed by atoms with Gasteiger partial charge in [0.15, 0.2) is 11.2 Å². The molecule has 1 aliphatic carbocycles. The lowest BCUT2D eigenvalue weighted by Crippen LogP contribution is -2.30. The number of benzene rings is 1. The maximum absolute atomic E-state index is 12.2. The molecule has 118 valence electrons. The zero-order valence-electron chi connectivity index (χ0n) is 12.8. The molecule has 0 atom stereocenters. The molecule has 0 spiro atoms. The molecule has 0 radical (unpaired) electrons. The van der Waals surface area contributed by atoms with Gasteiger partial charge in [-0.15, -0.1) is 0 Å². The quantitative estimate of drug-likeness (QED) is 0.944. The average Bonchev–Trinajstić information content (AvgIpc) is 2.60. The number of fused-ring (bicyclic) bond motifs is 1. The van der Waals surface area contributed by atoms with E-state index in [9.17, 15) is 9.59 Å². The maximum Gasteiger partial charge on any atom is 0.287 e. The molecule has 1 heterocycles. The zero-order valence-corrected chi connectivity index (χ0v) is 12.8. The van der Waals surface area contributed by atoms with Gasteiger partial charge >= 0.3 is 0 Å². The Hall–Kier alpha value is -2.61. The van der Waals surface area contributed by atoms with Crippen molar-refractivity contribution in [1.82, 2.24) is 5.32 Å². The average molecular weight is 310 g/mol. The number of rotatable bonds is 3. The molecular formula is C18H18N2O3. The van der Waals surface area contributed by atoms with E-state index in [-0.39, 0.29) is 17.1 Å². The molecule has 0 unspecified atom stereocenters. The monoisotopic (exact) mass is 310 g/mol. The number of nitriles is 1. The first-order chi connectivity index (χ1) is 11.2. The largest absolute Gasteiger partial charge is 0.451 e. The number of nitrogens with one attached hydrogen (secondary N) is 1. The molecule has 1 aromatic heterocycles. The molecule has 0 aliphatic heterocycles. The molecule has 5 nitrogen and oxygen atoms in total. The summed E-state index contributed by atoms with van der Waals surface area (Å²) in [6, 6.07) is 7.76. The third-order valence-electron chi connectivity index (χ3n) is 4.36. The van der Waals surface area contributed by atoms with Gasteiger partial charge in [0.25, 0.3) is 5.91 Å². The Balaban J connectivity index is 1.78. The summed E-state index contributed by atoms with van der Waals surface area (Å²) in [4.78, 5) is 24.3. The Labute approximate surface area is 133 Å². The van der Waals surface area contributed by atoms with Crippen molar-refractivity contribution in [3.8, 4) is 6.07 Å². The lowest BCUT2D eigenvalue weighted by Gasteiger charge is -2.21. The number of hydrogen-bond acceptors (Lipinski definition) is 4. The Kier molecular flexibility index (Phi) is 4.42. The van der Waals surface area contributed by atoms with Gasteiger partial charge in [-0.3, -0.25) is 9.59 Å². The van der Waals surface area contributed by atoms with Crippen molar-refractivity contribution >= 4 is 16.9 Å². The van der Waals surface area contributed by atoms with Crippen molar-refractivity contribution in [2.24, 2.45) is 5.92 Å². The predicted octanol–water partition coefficient (Wildman–Crippen LogP) is 2.97. The normalized spacial score (nSPS) is 15.3. The lowest BCUT2D eigenvalue weighted by molar-refractivity contribution is 0.0916. The summed E-state index contributed by atoms with van der Waals surface area (Å²) in [5.74, 6) is 0.167. The molecule has 0 saturated heterocycles. The highest BCUT2D eigenvalue weighted by Gasteiger charge is 2.17. The van der Waals surface area contributed by atoms with Crippen molar-refractivity contribution in [3.05, 3.63) is 45.8 Å². The van der Waals surface area contributed by atoms with Gasteiger partial charge in [-0.2, -0.15) is 5.26 Å². The van der Waals surface area contributed by atoms with Crippen LogP contribution in [0.25, 0.3) is 11.0 Å². The summed E-state index contributed by atoms with van der Waals surface area (Å²) in [5.41, 5.74) is 0.393. The smallest absolute Gasteiger partial charge is 0.287 e. The molecular weight excluding hydrogens is 292 g/mol. The molecule has 1 saturated carbocycles. The van der Waals surface area contributed by atoms with Crippen LogP contribution in [-0.4, -0.2) is 12.5 Å². The van der Waals surface area contributed by atoms with E-state index >= 15 is 0 Å². The van der Waals surface area contributed by atoms with Crippen molar-refractivity contribution in [2.45, 2.75) is 32.1 Å². The van der Waals surface area contributed by atoms with Gasteiger partial charge < -0.3 is 9.73 Å². The topological polar surface area (TPSA) is 83.1 Å². The van der Waals surface area contributed by atoms with E-state index in [0.717, 1.165) is 12.8 Å². The number of carbonyl (C=O) groups is 1. The maximum atomic E-state index is 12.2. The standard InChI is InChI=1S/C18H18N2O3/c19-10-13-6-7-16-14(8-13)15(21)9-17(23-16)18(22)20-11-12-4-2-1-3-5-12/h6-9,12H,1-5,11H2,(H,20,22). The first-order valence-electron chi connectivity index (χ1n) is 7.93. The molecule has 2 aromatic rings. The lowest BCUT2D eigenvalue weighted by atomic mass is 9.89. The molecule has 1 N–H and O–H groups in total. The highest BCUT2D eigenvalue weighted by molar-refractivity contribution is 5.93. The molecule has 23 heavy (non-hydrogen) atoms. The molecule has 1 fully saturated rings.